The van der Waals surface area contributed by atoms with E-state index in [1.807, 2.05) is 88.4 Å². The van der Waals surface area contributed by atoms with Crippen molar-refractivity contribution in [3.05, 3.63) is 71.8 Å². The molecule has 6 nitrogen and oxygen atoms in total. The van der Waals surface area contributed by atoms with Crippen molar-refractivity contribution in [3.63, 3.8) is 0 Å². The minimum atomic E-state index is -0.437. The third-order valence-corrected chi connectivity index (χ3v) is 7.28. The highest BCUT2D eigenvalue weighted by atomic mass is 33.1. The van der Waals surface area contributed by atoms with Crippen LogP contribution in [0.1, 0.15) is 38.8 Å². The zero-order valence-corrected chi connectivity index (χ0v) is 20.7. The molecule has 2 N–H and O–H groups in total. The third-order valence-electron chi connectivity index (χ3n) is 4.23. The summed E-state index contributed by atoms with van der Waals surface area (Å²) in [6, 6.07) is 19.1. The number of hydrogen-bond acceptors (Lipinski definition) is 6. The van der Waals surface area contributed by atoms with E-state index >= 15 is 0 Å². The number of alkyl carbamates (subject to hydrolysis) is 2. The van der Waals surface area contributed by atoms with E-state index in [0.717, 1.165) is 11.1 Å². The topological polar surface area (TPSA) is 76.7 Å². The van der Waals surface area contributed by atoms with E-state index < -0.39 is 23.3 Å². The zero-order chi connectivity index (χ0) is 23.5. The van der Waals surface area contributed by atoms with Crippen LogP contribution in [0.5, 0.6) is 0 Å². The number of hydrogen-bond donors (Lipinski definition) is 2. The molecule has 32 heavy (non-hydrogen) atoms. The van der Waals surface area contributed by atoms with E-state index in [9.17, 15) is 9.59 Å². The highest BCUT2D eigenvalue weighted by Gasteiger charge is 2.24. The molecule has 2 aromatic rings. The molecule has 0 bridgehead atoms. The summed E-state index contributed by atoms with van der Waals surface area (Å²) < 4.78 is 10.6. The van der Waals surface area contributed by atoms with Crippen LogP contribution in [0, 0.1) is 0 Å². The molecule has 2 aromatic carbocycles. The van der Waals surface area contributed by atoms with E-state index in [4.69, 9.17) is 9.47 Å². The fourth-order valence-corrected chi connectivity index (χ4v) is 5.69. The largest absolute Gasteiger partial charge is 0.445 e. The van der Waals surface area contributed by atoms with Crippen LogP contribution in [0.2, 0.25) is 0 Å². The molecule has 0 aliphatic rings. The SMILES string of the molecule is CC(C)(CSSCC(C)(C)NC(=O)OCc1ccccc1)NC(=O)OCc1ccccc1. The van der Waals surface area contributed by atoms with Crippen molar-refractivity contribution in [2.24, 2.45) is 0 Å². The third kappa shape index (κ3) is 10.8. The molecule has 0 aromatic heterocycles. The van der Waals surface area contributed by atoms with Gasteiger partial charge in [0.1, 0.15) is 13.2 Å². The molecule has 8 heteroatoms. The molecule has 0 spiro atoms. The summed E-state index contributed by atoms with van der Waals surface area (Å²) >= 11 is 0. The van der Waals surface area contributed by atoms with Gasteiger partial charge < -0.3 is 20.1 Å². The first-order valence-electron chi connectivity index (χ1n) is 10.4. The van der Waals surface area contributed by atoms with Crippen LogP contribution in [0.25, 0.3) is 0 Å². The molecule has 2 amide bonds. The van der Waals surface area contributed by atoms with Crippen LogP contribution in [-0.4, -0.2) is 34.8 Å². The first kappa shape index (κ1) is 25.9. The Morgan fingerprint density at radius 3 is 1.38 bits per heavy atom. The molecule has 2 rings (SSSR count). The normalized spacial score (nSPS) is 11.5. The minimum Gasteiger partial charge on any atom is -0.445 e. The zero-order valence-electron chi connectivity index (χ0n) is 19.1. The number of carbonyl (C=O) groups is 2. The number of amides is 2. The van der Waals surface area contributed by atoms with Gasteiger partial charge in [-0.15, -0.1) is 0 Å². The fourth-order valence-electron chi connectivity index (χ4n) is 2.52. The second kappa shape index (κ2) is 12.6. The lowest BCUT2D eigenvalue weighted by Gasteiger charge is -2.27. The Morgan fingerprint density at radius 1 is 0.688 bits per heavy atom. The van der Waals surface area contributed by atoms with Crippen LogP contribution in [0.3, 0.4) is 0 Å². The van der Waals surface area contributed by atoms with Gasteiger partial charge >= 0.3 is 12.2 Å². The van der Waals surface area contributed by atoms with E-state index in [0.29, 0.717) is 11.5 Å². The van der Waals surface area contributed by atoms with Gasteiger partial charge in [0.25, 0.3) is 0 Å². The fraction of sp³-hybridized carbons (Fsp3) is 0.417. The van der Waals surface area contributed by atoms with Gasteiger partial charge in [-0.1, -0.05) is 82.3 Å². The summed E-state index contributed by atoms with van der Waals surface area (Å²) in [4.78, 5) is 24.2. The Hall–Kier alpha value is -2.32. The van der Waals surface area contributed by atoms with Crippen LogP contribution in [-0.2, 0) is 22.7 Å². The molecule has 0 saturated heterocycles. The molecule has 0 aliphatic carbocycles. The van der Waals surface area contributed by atoms with Gasteiger partial charge in [-0.05, 0) is 38.8 Å². The Labute approximate surface area is 198 Å². The van der Waals surface area contributed by atoms with Crippen molar-refractivity contribution in [2.45, 2.75) is 52.0 Å². The smallest absolute Gasteiger partial charge is 0.407 e. The van der Waals surface area contributed by atoms with Gasteiger partial charge in [-0.25, -0.2) is 9.59 Å². The van der Waals surface area contributed by atoms with Gasteiger partial charge in [0.05, 0.1) is 0 Å². The van der Waals surface area contributed by atoms with Crippen molar-refractivity contribution >= 4 is 33.8 Å². The first-order valence-corrected chi connectivity index (χ1v) is 12.9. The lowest BCUT2D eigenvalue weighted by atomic mass is 10.1. The first-order chi connectivity index (χ1) is 15.2. The Bertz CT molecular complexity index is 774. The number of rotatable bonds is 11. The summed E-state index contributed by atoms with van der Waals surface area (Å²) in [6.07, 6.45) is -0.875. The molecule has 0 atom stereocenters. The maximum absolute atomic E-state index is 12.1. The summed E-state index contributed by atoms with van der Waals surface area (Å²) in [5, 5.41) is 5.81. The second-order valence-electron chi connectivity index (χ2n) is 8.67. The highest BCUT2D eigenvalue weighted by molar-refractivity contribution is 8.76. The average molecular weight is 477 g/mol. The molecule has 0 fully saturated rings. The van der Waals surface area contributed by atoms with E-state index in [1.54, 1.807) is 21.6 Å². The van der Waals surface area contributed by atoms with Crippen molar-refractivity contribution in [3.8, 4) is 0 Å². The summed E-state index contributed by atoms with van der Waals surface area (Å²) in [6.45, 7) is 8.29. The number of carbonyl (C=O) groups excluding carboxylic acids is 2. The van der Waals surface area contributed by atoms with Crippen molar-refractivity contribution in [2.75, 3.05) is 11.5 Å². The van der Waals surface area contributed by atoms with Crippen LogP contribution in [0.15, 0.2) is 60.7 Å². The van der Waals surface area contributed by atoms with Crippen molar-refractivity contribution in [1.29, 1.82) is 0 Å². The monoisotopic (exact) mass is 476 g/mol. The van der Waals surface area contributed by atoms with Gasteiger partial charge in [-0.2, -0.15) is 0 Å². The van der Waals surface area contributed by atoms with E-state index in [-0.39, 0.29) is 13.2 Å². The minimum absolute atomic E-state index is 0.241. The molecule has 0 aliphatic heterocycles. The lowest BCUT2D eigenvalue weighted by molar-refractivity contribution is 0.130. The molecule has 0 radical (unpaired) electrons. The van der Waals surface area contributed by atoms with E-state index in [1.165, 1.54) is 0 Å². The van der Waals surface area contributed by atoms with E-state index in [2.05, 4.69) is 10.6 Å². The predicted molar refractivity (Wildman–Crippen MR) is 133 cm³/mol. The molecule has 0 saturated carbocycles. The number of ether oxygens (including phenoxy) is 2. The lowest BCUT2D eigenvalue weighted by Crippen LogP contribution is -2.46. The Kier molecular flexibility index (Phi) is 10.3. The predicted octanol–water partition coefficient (Wildman–Crippen LogP) is 5.78. The summed E-state index contributed by atoms with van der Waals surface area (Å²) in [7, 11) is 3.27. The van der Waals surface area contributed by atoms with Gasteiger partial charge in [0.2, 0.25) is 0 Å². The van der Waals surface area contributed by atoms with Gasteiger partial charge in [0, 0.05) is 22.6 Å². The van der Waals surface area contributed by atoms with Crippen molar-refractivity contribution in [1.82, 2.24) is 10.6 Å². The van der Waals surface area contributed by atoms with Gasteiger partial charge in [0.15, 0.2) is 0 Å². The van der Waals surface area contributed by atoms with Crippen LogP contribution >= 0.6 is 21.6 Å². The molecule has 0 unspecified atom stereocenters. The molecular formula is C24H32N2O4S2. The number of benzene rings is 2. The quantitative estimate of drug-likeness (QED) is 0.316. The Balaban J connectivity index is 1.63. The van der Waals surface area contributed by atoms with Crippen LogP contribution < -0.4 is 10.6 Å². The number of nitrogens with one attached hydrogen (secondary N) is 2. The average Bonchev–Trinajstić information content (AvgIpc) is 2.75. The highest BCUT2D eigenvalue weighted by Crippen LogP contribution is 2.29. The molecule has 0 heterocycles. The summed E-state index contributed by atoms with van der Waals surface area (Å²) in [5.41, 5.74) is 1.03. The van der Waals surface area contributed by atoms with Crippen molar-refractivity contribution < 1.29 is 19.1 Å². The summed E-state index contributed by atoms with van der Waals surface area (Å²) in [5.74, 6) is 1.37. The van der Waals surface area contributed by atoms with Crippen LogP contribution in [0.4, 0.5) is 9.59 Å². The maximum Gasteiger partial charge on any atom is 0.407 e. The molecular weight excluding hydrogens is 444 g/mol. The second-order valence-corrected chi connectivity index (χ2v) is 11.1. The molecule has 174 valence electrons. The van der Waals surface area contributed by atoms with Gasteiger partial charge in [-0.3, -0.25) is 0 Å². The standard InChI is InChI=1S/C24H32N2O4S2/c1-23(2,25-21(27)29-15-19-11-7-5-8-12-19)17-31-32-18-24(3,4)26-22(28)30-16-20-13-9-6-10-14-20/h5-14H,15-18H2,1-4H3,(H,25,27)(H,26,28). The Morgan fingerprint density at radius 2 is 1.03 bits per heavy atom. The maximum atomic E-state index is 12.1.